The highest BCUT2D eigenvalue weighted by atomic mass is 16.5. The summed E-state index contributed by atoms with van der Waals surface area (Å²) in [5.41, 5.74) is 2.96. The standard InChI is InChI=1S/C19H20N2O3/c1-21-17-8-7-14(11-15(17)12-19(21)23)13-20-18(22)9-10-24-16-5-3-2-4-6-16/h2-8,11H,9-10,12-13H2,1H3,(H,20,22). The minimum atomic E-state index is -0.0559. The Morgan fingerprint density at radius 3 is 2.79 bits per heavy atom. The minimum Gasteiger partial charge on any atom is -0.493 e. The Kier molecular flexibility index (Phi) is 4.79. The normalized spacial score (nSPS) is 12.9. The van der Waals surface area contributed by atoms with Crippen molar-refractivity contribution >= 4 is 17.5 Å². The highest BCUT2D eigenvalue weighted by Gasteiger charge is 2.23. The fraction of sp³-hybridized carbons (Fsp3) is 0.263. The molecule has 5 nitrogen and oxygen atoms in total. The number of carbonyl (C=O) groups is 2. The molecule has 0 spiro atoms. The lowest BCUT2D eigenvalue weighted by Crippen LogP contribution is -2.24. The van der Waals surface area contributed by atoms with Crippen LogP contribution in [0.3, 0.4) is 0 Å². The second-order valence-corrected chi connectivity index (χ2v) is 5.78. The second kappa shape index (κ2) is 7.17. The van der Waals surface area contributed by atoms with Gasteiger partial charge in [-0.25, -0.2) is 0 Å². The summed E-state index contributed by atoms with van der Waals surface area (Å²) in [6.45, 7) is 0.800. The Bertz CT molecular complexity index is 744. The summed E-state index contributed by atoms with van der Waals surface area (Å²) in [5, 5.41) is 2.88. The summed E-state index contributed by atoms with van der Waals surface area (Å²) < 4.78 is 5.51. The molecular formula is C19H20N2O3. The average Bonchev–Trinajstić information content (AvgIpc) is 2.88. The molecule has 0 aromatic heterocycles. The molecule has 3 rings (SSSR count). The van der Waals surface area contributed by atoms with E-state index in [1.165, 1.54) is 0 Å². The number of ether oxygens (including phenoxy) is 1. The molecule has 0 radical (unpaired) electrons. The molecule has 1 aliphatic heterocycles. The molecule has 2 aromatic rings. The van der Waals surface area contributed by atoms with Gasteiger partial charge in [-0.2, -0.15) is 0 Å². The zero-order valence-electron chi connectivity index (χ0n) is 13.6. The van der Waals surface area contributed by atoms with Crippen molar-refractivity contribution in [2.45, 2.75) is 19.4 Å². The summed E-state index contributed by atoms with van der Waals surface area (Å²) in [7, 11) is 1.78. The van der Waals surface area contributed by atoms with E-state index in [0.717, 1.165) is 22.6 Å². The lowest BCUT2D eigenvalue weighted by atomic mass is 10.1. The van der Waals surface area contributed by atoms with Crippen LogP contribution in [-0.2, 0) is 22.6 Å². The first-order chi connectivity index (χ1) is 11.6. The van der Waals surface area contributed by atoms with Crippen molar-refractivity contribution in [2.24, 2.45) is 0 Å². The molecule has 2 amide bonds. The first-order valence-corrected chi connectivity index (χ1v) is 7.96. The van der Waals surface area contributed by atoms with Crippen LogP contribution in [-0.4, -0.2) is 25.5 Å². The molecule has 0 bridgehead atoms. The zero-order chi connectivity index (χ0) is 16.9. The number of benzene rings is 2. The Balaban J connectivity index is 1.45. The van der Waals surface area contributed by atoms with Crippen molar-refractivity contribution in [3.8, 4) is 5.75 Å². The molecule has 1 heterocycles. The van der Waals surface area contributed by atoms with Crippen molar-refractivity contribution in [1.82, 2.24) is 5.32 Å². The molecule has 0 saturated heterocycles. The molecule has 1 aliphatic rings. The van der Waals surface area contributed by atoms with Gasteiger partial charge in [0.1, 0.15) is 5.75 Å². The third kappa shape index (κ3) is 3.74. The highest BCUT2D eigenvalue weighted by Crippen LogP contribution is 2.28. The Morgan fingerprint density at radius 2 is 2.00 bits per heavy atom. The first kappa shape index (κ1) is 16.1. The number of hydrogen-bond acceptors (Lipinski definition) is 3. The largest absolute Gasteiger partial charge is 0.493 e. The van der Waals surface area contributed by atoms with Gasteiger partial charge in [-0.15, -0.1) is 0 Å². The van der Waals surface area contributed by atoms with Crippen LogP contribution in [0.2, 0.25) is 0 Å². The van der Waals surface area contributed by atoms with Crippen LogP contribution in [0.25, 0.3) is 0 Å². The van der Waals surface area contributed by atoms with Gasteiger partial charge in [0, 0.05) is 19.3 Å². The molecule has 0 fully saturated rings. The van der Waals surface area contributed by atoms with E-state index in [-0.39, 0.29) is 11.8 Å². The predicted octanol–water partition coefficient (Wildman–Crippen LogP) is 2.29. The SMILES string of the molecule is CN1C(=O)Cc2cc(CNC(=O)CCOc3ccccc3)ccc21. The van der Waals surface area contributed by atoms with Crippen LogP contribution in [0.4, 0.5) is 5.69 Å². The number of amides is 2. The third-order valence-corrected chi connectivity index (χ3v) is 4.05. The quantitative estimate of drug-likeness (QED) is 0.887. The lowest BCUT2D eigenvalue weighted by Gasteiger charge is -2.11. The molecular weight excluding hydrogens is 304 g/mol. The number of carbonyl (C=O) groups excluding carboxylic acids is 2. The molecule has 0 saturated carbocycles. The van der Waals surface area contributed by atoms with E-state index in [2.05, 4.69) is 5.32 Å². The van der Waals surface area contributed by atoms with Crippen LogP contribution in [0.5, 0.6) is 5.75 Å². The number of fused-ring (bicyclic) bond motifs is 1. The maximum atomic E-state index is 11.9. The molecule has 5 heteroatoms. The lowest BCUT2D eigenvalue weighted by molar-refractivity contribution is -0.121. The molecule has 24 heavy (non-hydrogen) atoms. The van der Waals surface area contributed by atoms with E-state index in [9.17, 15) is 9.59 Å². The number of likely N-dealkylation sites (N-methyl/N-ethyl adjacent to an activating group) is 1. The van der Waals surface area contributed by atoms with Crippen molar-refractivity contribution < 1.29 is 14.3 Å². The summed E-state index contributed by atoms with van der Waals surface area (Å²) >= 11 is 0. The number of hydrogen-bond donors (Lipinski definition) is 1. The Hall–Kier alpha value is -2.82. The van der Waals surface area contributed by atoms with E-state index < -0.39 is 0 Å². The maximum Gasteiger partial charge on any atom is 0.231 e. The van der Waals surface area contributed by atoms with Crippen molar-refractivity contribution in [1.29, 1.82) is 0 Å². The van der Waals surface area contributed by atoms with Gasteiger partial charge in [-0.05, 0) is 29.3 Å². The Labute approximate surface area is 141 Å². The molecule has 1 N–H and O–H groups in total. The Morgan fingerprint density at radius 1 is 1.21 bits per heavy atom. The number of nitrogens with one attached hydrogen (secondary N) is 1. The van der Waals surface area contributed by atoms with Crippen molar-refractivity contribution in [3.63, 3.8) is 0 Å². The van der Waals surface area contributed by atoms with Crippen LogP contribution < -0.4 is 15.0 Å². The van der Waals surface area contributed by atoms with Gasteiger partial charge >= 0.3 is 0 Å². The van der Waals surface area contributed by atoms with Gasteiger partial charge in [0.05, 0.1) is 19.4 Å². The van der Waals surface area contributed by atoms with Gasteiger partial charge < -0.3 is 15.0 Å². The second-order valence-electron chi connectivity index (χ2n) is 5.78. The van der Waals surface area contributed by atoms with Crippen LogP contribution in [0.15, 0.2) is 48.5 Å². The molecule has 0 aliphatic carbocycles. The molecule has 2 aromatic carbocycles. The third-order valence-electron chi connectivity index (χ3n) is 4.05. The maximum absolute atomic E-state index is 11.9. The number of rotatable bonds is 6. The van der Waals surface area contributed by atoms with Crippen LogP contribution in [0.1, 0.15) is 17.5 Å². The van der Waals surface area contributed by atoms with E-state index in [1.807, 2.05) is 48.5 Å². The first-order valence-electron chi connectivity index (χ1n) is 7.96. The fourth-order valence-electron chi connectivity index (χ4n) is 2.70. The van der Waals surface area contributed by atoms with Crippen LogP contribution >= 0.6 is 0 Å². The molecule has 0 unspecified atom stereocenters. The van der Waals surface area contributed by atoms with Crippen molar-refractivity contribution in [3.05, 3.63) is 59.7 Å². The van der Waals surface area contributed by atoms with Crippen molar-refractivity contribution in [2.75, 3.05) is 18.6 Å². The molecule has 124 valence electrons. The van der Waals surface area contributed by atoms with Gasteiger partial charge in [-0.3, -0.25) is 9.59 Å². The van der Waals surface area contributed by atoms with Crippen LogP contribution in [0, 0.1) is 0 Å². The number of anilines is 1. The number of nitrogens with zero attached hydrogens (tertiary/aromatic N) is 1. The smallest absolute Gasteiger partial charge is 0.231 e. The summed E-state index contributed by atoms with van der Waals surface area (Å²) in [6.07, 6.45) is 0.736. The van der Waals surface area contributed by atoms with E-state index in [4.69, 9.17) is 4.74 Å². The topological polar surface area (TPSA) is 58.6 Å². The van der Waals surface area contributed by atoms with E-state index >= 15 is 0 Å². The monoisotopic (exact) mass is 324 g/mol. The fourth-order valence-corrected chi connectivity index (χ4v) is 2.70. The highest BCUT2D eigenvalue weighted by molar-refractivity contribution is 6.00. The van der Waals surface area contributed by atoms with E-state index in [1.54, 1.807) is 11.9 Å². The zero-order valence-corrected chi connectivity index (χ0v) is 13.6. The average molecular weight is 324 g/mol. The van der Waals surface area contributed by atoms with Gasteiger partial charge in [0.15, 0.2) is 0 Å². The van der Waals surface area contributed by atoms with Gasteiger partial charge in [0.2, 0.25) is 11.8 Å². The summed E-state index contributed by atoms with van der Waals surface area (Å²) in [4.78, 5) is 25.2. The predicted molar refractivity (Wildman–Crippen MR) is 92.0 cm³/mol. The molecule has 0 atom stereocenters. The van der Waals surface area contributed by atoms with Gasteiger partial charge in [0.25, 0.3) is 0 Å². The summed E-state index contributed by atoms with van der Waals surface area (Å²) in [6, 6.07) is 15.3. The minimum absolute atomic E-state index is 0.0559. The summed E-state index contributed by atoms with van der Waals surface area (Å²) in [5.74, 6) is 0.807. The van der Waals surface area contributed by atoms with Gasteiger partial charge in [-0.1, -0.05) is 30.3 Å². The van der Waals surface area contributed by atoms with E-state index in [0.29, 0.717) is 26.0 Å². The number of para-hydroxylation sites is 1.